The van der Waals surface area contributed by atoms with Crippen LogP contribution in [0.2, 0.25) is 0 Å². The van der Waals surface area contributed by atoms with E-state index in [1.807, 2.05) is 13.8 Å². The van der Waals surface area contributed by atoms with Crippen LogP contribution in [0.4, 0.5) is 5.69 Å². The largest absolute Gasteiger partial charge is 0.492 e. The molecule has 1 fully saturated rings. The van der Waals surface area contributed by atoms with Crippen LogP contribution in [-0.4, -0.2) is 31.3 Å². The second kappa shape index (κ2) is 6.61. The highest BCUT2D eigenvalue weighted by molar-refractivity contribution is 5.95. The number of nitrogens with one attached hydrogen (secondary N) is 1. The van der Waals surface area contributed by atoms with E-state index >= 15 is 0 Å². The van der Waals surface area contributed by atoms with Gasteiger partial charge in [0.15, 0.2) is 0 Å². The molecule has 0 atom stereocenters. The van der Waals surface area contributed by atoms with E-state index in [9.17, 15) is 4.79 Å². The van der Waals surface area contributed by atoms with Crippen molar-refractivity contribution in [2.75, 3.05) is 18.9 Å². The maximum Gasteiger partial charge on any atom is 0.251 e. The molecular formula is C15H22N2O3. The number of carbonyl (C=O) groups excluding carboxylic acids is 1. The highest BCUT2D eigenvalue weighted by atomic mass is 16.5. The van der Waals surface area contributed by atoms with E-state index < -0.39 is 0 Å². The van der Waals surface area contributed by atoms with Crippen LogP contribution in [0, 0.1) is 0 Å². The Balaban J connectivity index is 1.88. The number of carbonyl (C=O) groups is 1. The van der Waals surface area contributed by atoms with E-state index in [1.165, 1.54) is 0 Å². The fraction of sp³-hybridized carbons (Fsp3) is 0.533. The van der Waals surface area contributed by atoms with Crippen molar-refractivity contribution >= 4 is 11.6 Å². The molecule has 0 aliphatic heterocycles. The topological polar surface area (TPSA) is 73.6 Å². The average Bonchev–Trinajstić information content (AvgIpc) is 2.38. The Morgan fingerprint density at radius 1 is 1.35 bits per heavy atom. The molecule has 0 spiro atoms. The summed E-state index contributed by atoms with van der Waals surface area (Å²) in [6.07, 6.45) is 2.05. The summed E-state index contributed by atoms with van der Waals surface area (Å²) < 4.78 is 10.8. The van der Waals surface area contributed by atoms with E-state index in [2.05, 4.69) is 5.32 Å². The maximum atomic E-state index is 12.1. The molecule has 3 N–H and O–H groups in total. The molecule has 5 nitrogen and oxygen atoms in total. The van der Waals surface area contributed by atoms with Crippen LogP contribution in [0.1, 0.15) is 37.0 Å². The normalized spacial score (nSPS) is 21.1. The minimum Gasteiger partial charge on any atom is -0.492 e. The minimum absolute atomic E-state index is 0.0975. The van der Waals surface area contributed by atoms with Crippen molar-refractivity contribution in [3.8, 4) is 5.75 Å². The van der Waals surface area contributed by atoms with Crippen molar-refractivity contribution in [3.05, 3.63) is 23.8 Å². The number of amides is 1. The molecule has 1 aliphatic carbocycles. The molecule has 20 heavy (non-hydrogen) atoms. The number of ether oxygens (including phenoxy) is 2. The zero-order valence-corrected chi connectivity index (χ0v) is 12.0. The lowest BCUT2D eigenvalue weighted by atomic mass is 9.89. The van der Waals surface area contributed by atoms with Gasteiger partial charge in [0.2, 0.25) is 0 Å². The third kappa shape index (κ3) is 3.42. The number of hydrogen-bond donors (Lipinski definition) is 2. The lowest BCUT2D eigenvalue weighted by Gasteiger charge is -2.35. The maximum absolute atomic E-state index is 12.1. The Morgan fingerprint density at radius 3 is 2.70 bits per heavy atom. The summed E-state index contributed by atoms with van der Waals surface area (Å²) in [6.45, 7) is 5.15. The molecule has 1 aromatic carbocycles. The molecular weight excluding hydrogens is 256 g/mol. The third-order valence-corrected chi connectivity index (χ3v) is 3.40. The average molecular weight is 278 g/mol. The summed E-state index contributed by atoms with van der Waals surface area (Å²) in [5.41, 5.74) is 6.91. The number of hydrogen-bond acceptors (Lipinski definition) is 4. The van der Waals surface area contributed by atoms with Crippen molar-refractivity contribution in [1.29, 1.82) is 0 Å². The van der Waals surface area contributed by atoms with Crippen LogP contribution >= 0.6 is 0 Å². The fourth-order valence-corrected chi connectivity index (χ4v) is 2.30. The van der Waals surface area contributed by atoms with Crippen molar-refractivity contribution in [2.45, 2.75) is 38.8 Å². The Kier molecular flexibility index (Phi) is 4.84. The van der Waals surface area contributed by atoms with Gasteiger partial charge in [0.25, 0.3) is 5.91 Å². The van der Waals surface area contributed by atoms with Crippen LogP contribution in [0.3, 0.4) is 0 Å². The van der Waals surface area contributed by atoms with Crippen LogP contribution < -0.4 is 15.8 Å². The van der Waals surface area contributed by atoms with Crippen LogP contribution in [-0.2, 0) is 4.74 Å². The second-order valence-corrected chi connectivity index (χ2v) is 4.90. The smallest absolute Gasteiger partial charge is 0.251 e. The number of nitrogens with two attached hydrogens (primary N) is 1. The molecule has 0 heterocycles. The molecule has 0 bridgehead atoms. The molecule has 1 aromatic rings. The molecule has 5 heteroatoms. The van der Waals surface area contributed by atoms with E-state index in [-0.39, 0.29) is 18.1 Å². The number of benzene rings is 1. The van der Waals surface area contributed by atoms with Gasteiger partial charge in [-0.1, -0.05) is 0 Å². The van der Waals surface area contributed by atoms with Crippen molar-refractivity contribution in [1.82, 2.24) is 5.32 Å². The quantitative estimate of drug-likeness (QED) is 0.780. The van der Waals surface area contributed by atoms with Gasteiger partial charge in [-0.15, -0.1) is 0 Å². The first kappa shape index (κ1) is 14.7. The van der Waals surface area contributed by atoms with Crippen molar-refractivity contribution < 1.29 is 14.3 Å². The first-order chi connectivity index (χ1) is 9.63. The Hall–Kier alpha value is -1.75. The predicted octanol–water partition coefficient (Wildman–Crippen LogP) is 1.96. The Labute approximate surface area is 119 Å². The van der Waals surface area contributed by atoms with Gasteiger partial charge >= 0.3 is 0 Å². The molecule has 110 valence electrons. The Morgan fingerprint density at radius 2 is 2.10 bits per heavy atom. The first-order valence-corrected chi connectivity index (χ1v) is 7.08. The van der Waals surface area contributed by atoms with Gasteiger partial charge in [0.05, 0.1) is 18.4 Å². The lowest BCUT2D eigenvalue weighted by Crippen LogP contribution is -2.47. The SMILES string of the molecule is CCOc1ccc(C(=O)NC2CC(OCC)C2)cc1N. The first-order valence-electron chi connectivity index (χ1n) is 7.08. The van der Waals surface area contributed by atoms with Crippen LogP contribution in [0.15, 0.2) is 18.2 Å². The number of anilines is 1. The molecule has 0 radical (unpaired) electrons. The van der Waals surface area contributed by atoms with E-state index in [1.54, 1.807) is 18.2 Å². The number of rotatable bonds is 6. The molecule has 0 aromatic heterocycles. The summed E-state index contributed by atoms with van der Waals surface area (Å²) in [5.74, 6) is 0.517. The minimum atomic E-state index is -0.0975. The lowest BCUT2D eigenvalue weighted by molar-refractivity contribution is -0.00862. The summed E-state index contributed by atoms with van der Waals surface area (Å²) in [4.78, 5) is 12.1. The van der Waals surface area contributed by atoms with Gasteiger partial charge in [-0.25, -0.2) is 0 Å². The molecule has 0 saturated heterocycles. The van der Waals surface area contributed by atoms with E-state index in [0.29, 0.717) is 23.6 Å². The van der Waals surface area contributed by atoms with Gasteiger partial charge < -0.3 is 20.5 Å². The summed E-state index contributed by atoms with van der Waals surface area (Å²) in [6, 6.07) is 5.32. The molecule has 1 amide bonds. The highest BCUT2D eigenvalue weighted by Crippen LogP contribution is 2.25. The van der Waals surface area contributed by atoms with Crippen LogP contribution in [0.5, 0.6) is 5.75 Å². The monoisotopic (exact) mass is 278 g/mol. The summed E-state index contributed by atoms with van der Waals surface area (Å²) >= 11 is 0. The van der Waals surface area contributed by atoms with Gasteiger partial charge in [-0.05, 0) is 44.9 Å². The zero-order chi connectivity index (χ0) is 14.5. The standard InChI is InChI=1S/C15H22N2O3/c1-3-19-12-8-11(9-12)17-15(18)10-5-6-14(20-4-2)13(16)7-10/h5-7,11-12H,3-4,8-9,16H2,1-2H3,(H,17,18). The zero-order valence-electron chi connectivity index (χ0n) is 12.0. The van der Waals surface area contributed by atoms with E-state index in [4.69, 9.17) is 15.2 Å². The molecule has 0 unspecified atom stereocenters. The van der Waals surface area contributed by atoms with Gasteiger partial charge in [0.1, 0.15) is 5.75 Å². The highest BCUT2D eigenvalue weighted by Gasteiger charge is 2.30. The van der Waals surface area contributed by atoms with Gasteiger partial charge in [0, 0.05) is 18.2 Å². The van der Waals surface area contributed by atoms with Gasteiger partial charge in [-0.3, -0.25) is 4.79 Å². The summed E-state index contributed by atoms with van der Waals surface area (Å²) in [7, 11) is 0. The molecule has 2 rings (SSSR count). The molecule has 1 aliphatic rings. The second-order valence-electron chi connectivity index (χ2n) is 4.90. The molecule has 1 saturated carbocycles. The van der Waals surface area contributed by atoms with E-state index in [0.717, 1.165) is 19.4 Å². The summed E-state index contributed by atoms with van der Waals surface area (Å²) in [5, 5.41) is 2.98. The predicted molar refractivity (Wildman–Crippen MR) is 77.9 cm³/mol. The third-order valence-electron chi connectivity index (χ3n) is 3.40. The van der Waals surface area contributed by atoms with Crippen molar-refractivity contribution in [2.24, 2.45) is 0 Å². The fourth-order valence-electron chi connectivity index (χ4n) is 2.30. The van der Waals surface area contributed by atoms with Crippen molar-refractivity contribution in [3.63, 3.8) is 0 Å². The van der Waals surface area contributed by atoms with Gasteiger partial charge in [-0.2, -0.15) is 0 Å². The van der Waals surface area contributed by atoms with Crippen LogP contribution in [0.25, 0.3) is 0 Å². The Bertz CT molecular complexity index is 470. The number of nitrogen functional groups attached to an aromatic ring is 1.